The molecule has 0 aromatic heterocycles. The Bertz CT molecular complexity index is 496. The first-order chi connectivity index (χ1) is 9.93. The molecule has 0 saturated carbocycles. The van der Waals surface area contributed by atoms with E-state index in [1.54, 1.807) is 14.0 Å². The van der Waals surface area contributed by atoms with E-state index in [1.165, 1.54) is 4.90 Å². The highest BCUT2D eigenvalue weighted by molar-refractivity contribution is 5.85. The molecule has 1 aromatic carbocycles. The number of aliphatic carboxylic acids is 1. The van der Waals surface area contributed by atoms with Crippen LogP contribution in [0.4, 0.5) is 0 Å². The van der Waals surface area contributed by atoms with E-state index in [0.29, 0.717) is 13.2 Å². The number of carbonyl (C=O) groups excluding carboxylic acids is 1. The molecule has 0 radical (unpaired) electrons. The summed E-state index contributed by atoms with van der Waals surface area (Å²) in [6.45, 7) is 4.47. The van der Waals surface area contributed by atoms with Crippen LogP contribution in [0.5, 0.6) is 5.75 Å². The number of carbonyl (C=O) groups is 2. The third kappa shape index (κ3) is 6.78. The lowest BCUT2D eigenvalue weighted by Crippen LogP contribution is -2.42. The molecular weight excluding hydrogens is 308 g/mol. The van der Waals surface area contributed by atoms with E-state index < -0.39 is 12.0 Å². The van der Waals surface area contributed by atoms with Gasteiger partial charge in [0, 0.05) is 6.54 Å². The maximum Gasteiger partial charge on any atom is 0.320 e. The van der Waals surface area contributed by atoms with Crippen LogP contribution in [-0.4, -0.2) is 48.1 Å². The zero-order valence-corrected chi connectivity index (χ0v) is 13.9. The number of amides is 1. The summed E-state index contributed by atoms with van der Waals surface area (Å²) in [6, 6.07) is 6.79. The number of nitrogens with one attached hydrogen (secondary N) is 1. The van der Waals surface area contributed by atoms with Crippen molar-refractivity contribution in [2.45, 2.75) is 26.4 Å². The fraction of sp³-hybridized carbons (Fsp3) is 0.467. The van der Waals surface area contributed by atoms with Crippen molar-refractivity contribution in [3.8, 4) is 5.75 Å². The molecule has 1 aromatic rings. The lowest BCUT2D eigenvalue weighted by atomic mass is 10.2. The van der Waals surface area contributed by atoms with E-state index in [2.05, 4.69) is 5.32 Å². The van der Waals surface area contributed by atoms with E-state index >= 15 is 0 Å². The third-order valence-electron chi connectivity index (χ3n) is 3.11. The van der Waals surface area contributed by atoms with Crippen molar-refractivity contribution in [3.63, 3.8) is 0 Å². The van der Waals surface area contributed by atoms with Gasteiger partial charge in [-0.25, -0.2) is 0 Å². The van der Waals surface area contributed by atoms with Crippen molar-refractivity contribution < 1.29 is 19.4 Å². The summed E-state index contributed by atoms with van der Waals surface area (Å²) in [4.78, 5) is 24.1. The molecule has 6 nitrogen and oxygen atoms in total. The van der Waals surface area contributed by atoms with Crippen LogP contribution >= 0.6 is 12.4 Å². The predicted octanol–water partition coefficient (Wildman–Crippen LogP) is 1.53. The minimum atomic E-state index is -0.949. The van der Waals surface area contributed by atoms with Gasteiger partial charge in [-0.1, -0.05) is 12.1 Å². The molecular formula is C15H23ClN2O4. The molecule has 0 aliphatic carbocycles. The minimum absolute atomic E-state index is 0. The summed E-state index contributed by atoms with van der Waals surface area (Å²) in [5, 5.41) is 11.6. The summed E-state index contributed by atoms with van der Waals surface area (Å²) < 4.78 is 5.39. The van der Waals surface area contributed by atoms with Gasteiger partial charge in [0.2, 0.25) is 5.91 Å². The molecule has 0 spiro atoms. The number of likely N-dealkylation sites (N-methyl/N-ethyl adjacent to an activating group) is 1. The zero-order valence-electron chi connectivity index (χ0n) is 13.0. The molecule has 0 aliphatic rings. The van der Waals surface area contributed by atoms with Gasteiger partial charge >= 0.3 is 5.97 Å². The van der Waals surface area contributed by atoms with Crippen LogP contribution in [0.2, 0.25) is 0 Å². The van der Waals surface area contributed by atoms with Crippen molar-refractivity contribution >= 4 is 24.3 Å². The lowest BCUT2D eigenvalue weighted by Gasteiger charge is -2.20. The van der Waals surface area contributed by atoms with E-state index in [1.807, 2.05) is 31.2 Å². The Labute approximate surface area is 136 Å². The van der Waals surface area contributed by atoms with Gasteiger partial charge in [-0.15, -0.1) is 12.4 Å². The topological polar surface area (TPSA) is 78.9 Å². The Morgan fingerprint density at radius 3 is 2.68 bits per heavy atom. The smallest absolute Gasteiger partial charge is 0.320 e. The number of ether oxygens (including phenoxy) is 1. The van der Waals surface area contributed by atoms with E-state index in [9.17, 15) is 9.59 Å². The molecule has 0 fully saturated rings. The van der Waals surface area contributed by atoms with Crippen molar-refractivity contribution in [2.75, 3.05) is 20.2 Å². The Balaban J connectivity index is 0.00000441. The van der Waals surface area contributed by atoms with Crippen LogP contribution in [0.1, 0.15) is 19.4 Å². The molecule has 1 rings (SSSR count). The monoisotopic (exact) mass is 330 g/mol. The van der Waals surface area contributed by atoms with Gasteiger partial charge in [-0.05, 0) is 38.6 Å². The summed E-state index contributed by atoms with van der Waals surface area (Å²) >= 11 is 0. The van der Waals surface area contributed by atoms with Gasteiger partial charge in [-0.2, -0.15) is 0 Å². The number of carboxylic acids is 1. The minimum Gasteiger partial charge on any atom is -0.494 e. The summed E-state index contributed by atoms with van der Waals surface area (Å²) in [5.41, 5.74) is 0.934. The van der Waals surface area contributed by atoms with Gasteiger partial charge in [0.05, 0.1) is 13.2 Å². The number of halogens is 1. The maximum absolute atomic E-state index is 11.8. The first-order valence-electron chi connectivity index (χ1n) is 6.85. The molecule has 0 saturated heterocycles. The molecule has 1 atom stereocenters. The second-order valence-electron chi connectivity index (χ2n) is 4.79. The standard InChI is InChI=1S/C15H22N2O4.ClH/c1-4-21-13-7-5-6-12(8-13)9-16-14(18)10-17(3)11(2)15(19)20;/h5-8,11H,4,9-10H2,1-3H3,(H,16,18)(H,19,20);1H. The zero-order chi connectivity index (χ0) is 15.8. The van der Waals surface area contributed by atoms with Gasteiger partial charge in [0.25, 0.3) is 0 Å². The third-order valence-corrected chi connectivity index (χ3v) is 3.11. The molecule has 1 amide bonds. The lowest BCUT2D eigenvalue weighted by molar-refractivity contribution is -0.142. The van der Waals surface area contributed by atoms with Crippen LogP contribution in [-0.2, 0) is 16.1 Å². The largest absolute Gasteiger partial charge is 0.494 e. The second kappa shape index (κ2) is 10.0. The van der Waals surface area contributed by atoms with Gasteiger partial charge in [-0.3, -0.25) is 14.5 Å². The molecule has 7 heteroatoms. The van der Waals surface area contributed by atoms with E-state index in [0.717, 1.165) is 11.3 Å². The van der Waals surface area contributed by atoms with Crippen LogP contribution in [0.25, 0.3) is 0 Å². The number of hydrogen-bond acceptors (Lipinski definition) is 4. The summed E-state index contributed by atoms with van der Waals surface area (Å²) in [6.07, 6.45) is 0. The van der Waals surface area contributed by atoms with Gasteiger partial charge in [0.15, 0.2) is 0 Å². The number of rotatable bonds is 8. The predicted molar refractivity (Wildman–Crippen MR) is 86.4 cm³/mol. The molecule has 2 N–H and O–H groups in total. The Morgan fingerprint density at radius 2 is 2.09 bits per heavy atom. The molecule has 22 heavy (non-hydrogen) atoms. The molecule has 0 bridgehead atoms. The fourth-order valence-corrected chi connectivity index (χ4v) is 1.72. The van der Waals surface area contributed by atoms with Gasteiger partial charge in [0.1, 0.15) is 11.8 Å². The summed E-state index contributed by atoms with van der Waals surface area (Å²) in [5.74, 6) is -0.400. The van der Waals surface area contributed by atoms with Crippen molar-refractivity contribution in [2.24, 2.45) is 0 Å². The fourth-order valence-electron chi connectivity index (χ4n) is 1.72. The van der Waals surface area contributed by atoms with Gasteiger partial charge < -0.3 is 15.2 Å². The van der Waals surface area contributed by atoms with Crippen molar-refractivity contribution in [1.82, 2.24) is 10.2 Å². The first-order valence-corrected chi connectivity index (χ1v) is 6.85. The Kier molecular flexibility index (Phi) is 9.21. The van der Waals surface area contributed by atoms with E-state index in [-0.39, 0.29) is 24.9 Å². The second-order valence-corrected chi connectivity index (χ2v) is 4.79. The Morgan fingerprint density at radius 1 is 1.41 bits per heavy atom. The number of hydrogen-bond donors (Lipinski definition) is 2. The number of benzene rings is 1. The molecule has 124 valence electrons. The molecule has 0 heterocycles. The normalized spacial score (nSPS) is 11.5. The van der Waals surface area contributed by atoms with Crippen LogP contribution in [0.3, 0.4) is 0 Å². The van der Waals surface area contributed by atoms with Crippen LogP contribution in [0, 0.1) is 0 Å². The first kappa shape index (κ1) is 20.2. The molecule has 1 unspecified atom stereocenters. The Hall–Kier alpha value is -1.79. The number of nitrogens with zero attached hydrogens (tertiary/aromatic N) is 1. The van der Waals surface area contributed by atoms with Crippen LogP contribution < -0.4 is 10.1 Å². The summed E-state index contributed by atoms with van der Waals surface area (Å²) in [7, 11) is 1.61. The quantitative estimate of drug-likeness (QED) is 0.755. The highest BCUT2D eigenvalue weighted by Crippen LogP contribution is 2.12. The number of carboxylic acid groups (broad SMARTS) is 1. The SMILES string of the molecule is CCOc1cccc(CNC(=O)CN(C)C(C)C(=O)O)c1.Cl. The van der Waals surface area contributed by atoms with Crippen molar-refractivity contribution in [1.29, 1.82) is 0 Å². The average molecular weight is 331 g/mol. The average Bonchev–Trinajstić information content (AvgIpc) is 2.45. The highest BCUT2D eigenvalue weighted by atomic mass is 35.5. The van der Waals surface area contributed by atoms with Crippen LogP contribution in [0.15, 0.2) is 24.3 Å². The highest BCUT2D eigenvalue weighted by Gasteiger charge is 2.18. The van der Waals surface area contributed by atoms with E-state index in [4.69, 9.17) is 9.84 Å². The molecule has 0 aliphatic heterocycles. The maximum atomic E-state index is 11.8. The van der Waals surface area contributed by atoms with Crippen molar-refractivity contribution in [3.05, 3.63) is 29.8 Å².